The molecule has 2 atom stereocenters. The van der Waals surface area contributed by atoms with Gasteiger partial charge < -0.3 is 18.9 Å². The first-order valence-electron chi connectivity index (χ1n) is 10.2. The maximum atomic E-state index is 12.8. The maximum Gasteiger partial charge on any atom is 0.352 e. The highest BCUT2D eigenvalue weighted by molar-refractivity contribution is 5.89. The lowest BCUT2D eigenvalue weighted by Crippen LogP contribution is -2.47. The molecule has 170 valence electrons. The van der Waals surface area contributed by atoms with Crippen LogP contribution in [0.4, 0.5) is 0 Å². The fourth-order valence-electron chi connectivity index (χ4n) is 2.54. The minimum absolute atomic E-state index is 0.0596. The fourth-order valence-corrected chi connectivity index (χ4v) is 2.54. The number of rotatable bonds is 11. The molecule has 0 aromatic heterocycles. The van der Waals surface area contributed by atoms with Crippen LogP contribution in [0.3, 0.4) is 0 Å². The molecule has 8 heteroatoms. The van der Waals surface area contributed by atoms with Crippen LogP contribution in [-0.2, 0) is 51.3 Å². The van der Waals surface area contributed by atoms with Gasteiger partial charge in [0.15, 0.2) is 0 Å². The van der Waals surface area contributed by atoms with Gasteiger partial charge in [0.25, 0.3) is 0 Å². The Labute approximate surface area is 186 Å². The summed E-state index contributed by atoms with van der Waals surface area (Å²) in [5, 5.41) is 0. The van der Waals surface area contributed by atoms with Crippen LogP contribution in [0.25, 0.3) is 0 Å². The van der Waals surface area contributed by atoms with Crippen LogP contribution < -0.4 is 0 Å². The first-order chi connectivity index (χ1) is 15.4. The van der Waals surface area contributed by atoms with Gasteiger partial charge >= 0.3 is 23.9 Å². The van der Waals surface area contributed by atoms with Crippen molar-refractivity contribution in [1.82, 2.24) is 0 Å². The second kappa shape index (κ2) is 12.9. The summed E-state index contributed by atoms with van der Waals surface area (Å²) >= 11 is 0. The smallest absolute Gasteiger partial charge is 0.352 e. The first-order valence-corrected chi connectivity index (χ1v) is 10.2. The molecule has 0 unspecified atom stereocenters. The highest BCUT2D eigenvalue weighted by atomic mass is 16.6. The van der Waals surface area contributed by atoms with E-state index in [0.717, 1.165) is 0 Å². The maximum absolute atomic E-state index is 12.8. The standard InChI is InChI=1S/C24H26O8/c1-3-19(25)31-21(23(27)29-15-17-11-7-5-8-12-17)22(32-20(26)4-2)24(28)30-16-18-13-9-6-10-14-18/h5-14,21-22H,3-4,15-16H2,1-2H3/t21-,22-/m1/s1. The Morgan fingerprint density at radius 1 is 0.625 bits per heavy atom. The minimum atomic E-state index is -1.80. The molecule has 32 heavy (non-hydrogen) atoms. The highest BCUT2D eigenvalue weighted by Crippen LogP contribution is 2.15. The molecule has 0 saturated carbocycles. The summed E-state index contributed by atoms with van der Waals surface area (Å²) in [7, 11) is 0. The molecule has 0 aliphatic carbocycles. The van der Waals surface area contributed by atoms with Crippen molar-refractivity contribution in [2.45, 2.75) is 52.1 Å². The van der Waals surface area contributed by atoms with Crippen LogP contribution in [0.5, 0.6) is 0 Å². The molecular weight excluding hydrogens is 416 g/mol. The molecule has 2 rings (SSSR count). The number of ether oxygens (including phenoxy) is 4. The summed E-state index contributed by atoms with van der Waals surface area (Å²) in [5.74, 6) is -3.58. The average molecular weight is 442 g/mol. The number of carbonyl (C=O) groups is 4. The van der Waals surface area contributed by atoms with E-state index in [9.17, 15) is 19.2 Å². The average Bonchev–Trinajstić information content (AvgIpc) is 2.84. The minimum Gasteiger partial charge on any atom is -0.458 e. The Hall–Kier alpha value is -3.68. The summed E-state index contributed by atoms with van der Waals surface area (Å²) in [4.78, 5) is 49.4. The SMILES string of the molecule is CCC(=O)O[C@@H](C(=O)OCc1ccccc1)[C@@H](OC(=O)CC)C(=O)OCc1ccccc1. The number of benzene rings is 2. The third-order valence-electron chi connectivity index (χ3n) is 4.28. The van der Waals surface area contributed by atoms with Crippen molar-refractivity contribution in [1.29, 1.82) is 0 Å². The van der Waals surface area contributed by atoms with E-state index < -0.39 is 36.1 Å². The van der Waals surface area contributed by atoms with Gasteiger partial charge in [-0.2, -0.15) is 0 Å². The number of esters is 4. The van der Waals surface area contributed by atoms with E-state index in [1.54, 1.807) is 60.7 Å². The largest absolute Gasteiger partial charge is 0.458 e. The van der Waals surface area contributed by atoms with Gasteiger partial charge in [-0.05, 0) is 11.1 Å². The van der Waals surface area contributed by atoms with E-state index >= 15 is 0 Å². The molecule has 0 saturated heterocycles. The molecule has 0 fully saturated rings. The molecule has 0 spiro atoms. The van der Waals surface area contributed by atoms with Crippen LogP contribution in [0.1, 0.15) is 37.8 Å². The van der Waals surface area contributed by atoms with Gasteiger partial charge in [-0.3, -0.25) is 9.59 Å². The van der Waals surface area contributed by atoms with Crippen molar-refractivity contribution in [2.24, 2.45) is 0 Å². The Balaban J connectivity index is 2.19. The first kappa shape index (κ1) is 24.6. The number of hydrogen-bond donors (Lipinski definition) is 0. The molecule has 0 amide bonds. The van der Waals surface area contributed by atoms with Crippen LogP contribution in [0.2, 0.25) is 0 Å². The van der Waals surface area contributed by atoms with Crippen molar-refractivity contribution < 1.29 is 38.1 Å². The lowest BCUT2D eigenvalue weighted by Gasteiger charge is -2.24. The van der Waals surface area contributed by atoms with Crippen molar-refractivity contribution in [3.63, 3.8) is 0 Å². The van der Waals surface area contributed by atoms with Crippen LogP contribution >= 0.6 is 0 Å². The molecule has 0 bridgehead atoms. The van der Waals surface area contributed by atoms with Gasteiger partial charge in [-0.25, -0.2) is 9.59 Å². The van der Waals surface area contributed by atoms with E-state index in [1.165, 1.54) is 13.8 Å². The quantitative estimate of drug-likeness (QED) is 0.386. The van der Waals surface area contributed by atoms with Gasteiger partial charge in [0, 0.05) is 12.8 Å². The Bertz CT molecular complexity index is 819. The highest BCUT2D eigenvalue weighted by Gasteiger charge is 2.42. The van der Waals surface area contributed by atoms with Gasteiger partial charge in [-0.1, -0.05) is 74.5 Å². The van der Waals surface area contributed by atoms with E-state index in [4.69, 9.17) is 18.9 Å². The molecule has 8 nitrogen and oxygen atoms in total. The number of carbonyl (C=O) groups excluding carboxylic acids is 4. The van der Waals surface area contributed by atoms with Gasteiger partial charge in [0.2, 0.25) is 12.2 Å². The van der Waals surface area contributed by atoms with Gasteiger partial charge in [0.1, 0.15) is 13.2 Å². The zero-order chi connectivity index (χ0) is 23.3. The predicted octanol–water partition coefficient (Wildman–Crippen LogP) is 3.12. The Morgan fingerprint density at radius 3 is 1.28 bits per heavy atom. The summed E-state index contributed by atoms with van der Waals surface area (Å²) in [5.41, 5.74) is 1.38. The summed E-state index contributed by atoms with van der Waals surface area (Å²) < 4.78 is 20.7. The monoisotopic (exact) mass is 442 g/mol. The lowest BCUT2D eigenvalue weighted by molar-refractivity contribution is -0.192. The lowest BCUT2D eigenvalue weighted by atomic mass is 10.2. The van der Waals surface area contributed by atoms with Crippen molar-refractivity contribution in [2.75, 3.05) is 0 Å². The summed E-state index contributed by atoms with van der Waals surface area (Å²) in [6.07, 6.45) is -3.72. The molecular formula is C24H26O8. The second-order valence-electron chi connectivity index (χ2n) is 6.71. The topological polar surface area (TPSA) is 105 Å². The summed E-state index contributed by atoms with van der Waals surface area (Å²) in [6, 6.07) is 17.6. The molecule has 2 aromatic rings. The Kier molecular flexibility index (Phi) is 9.90. The molecule has 0 N–H and O–H groups in total. The van der Waals surface area contributed by atoms with Crippen molar-refractivity contribution in [3.8, 4) is 0 Å². The third kappa shape index (κ3) is 7.86. The van der Waals surface area contributed by atoms with Crippen LogP contribution in [0.15, 0.2) is 60.7 Å². The van der Waals surface area contributed by atoms with E-state index in [1.807, 2.05) is 0 Å². The number of hydrogen-bond acceptors (Lipinski definition) is 8. The molecule has 2 aromatic carbocycles. The normalized spacial score (nSPS) is 12.2. The van der Waals surface area contributed by atoms with Crippen molar-refractivity contribution >= 4 is 23.9 Å². The zero-order valence-corrected chi connectivity index (χ0v) is 18.0. The third-order valence-corrected chi connectivity index (χ3v) is 4.28. The van der Waals surface area contributed by atoms with Crippen molar-refractivity contribution in [3.05, 3.63) is 71.8 Å². The summed E-state index contributed by atoms with van der Waals surface area (Å²) in [6.45, 7) is 2.81. The molecule has 0 heterocycles. The van der Waals surface area contributed by atoms with E-state index in [0.29, 0.717) is 11.1 Å². The Morgan fingerprint density at radius 2 is 0.969 bits per heavy atom. The fraction of sp³-hybridized carbons (Fsp3) is 0.333. The second-order valence-corrected chi connectivity index (χ2v) is 6.71. The van der Waals surface area contributed by atoms with Gasteiger partial charge in [-0.15, -0.1) is 0 Å². The molecule has 0 aliphatic rings. The molecule has 0 radical (unpaired) electrons. The van der Waals surface area contributed by atoms with E-state index in [-0.39, 0.29) is 26.1 Å². The zero-order valence-electron chi connectivity index (χ0n) is 18.0. The van der Waals surface area contributed by atoms with Crippen LogP contribution in [0, 0.1) is 0 Å². The molecule has 0 aliphatic heterocycles. The van der Waals surface area contributed by atoms with Crippen LogP contribution in [-0.4, -0.2) is 36.1 Å². The van der Waals surface area contributed by atoms with Gasteiger partial charge in [0.05, 0.1) is 0 Å². The van der Waals surface area contributed by atoms with E-state index in [2.05, 4.69) is 0 Å². The predicted molar refractivity (Wildman–Crippen MR) is 113 cm³/mol.